The molecule has 0 aliphatic carbocycles. The highest BCUT2D eigenvalue weighted by molar-refractivity contribution is 7.92. The predicted molar refractivity (Wildman–Crippen MR) is 166 cm³/mol. The number of aromatic nitrogens is 1. The molecule has 2 heterocycles. The van der Waals surface area contributed by atoms with Crippen LogP contribution in [0.1, 0.15) is 67.8 Å². The van der Waals surface area contributed by atoms with Crippen LogP contribution in [0.4, 0.5) is 5.69 Å². The van der Waals surface area contributed by atoms with Crippen LogP contribution in [0.3, 0.4) is 0 Å². The number of hydrogen-bond donors (Lipinski definition) is 1. The van der Waals surface area contributed by atoms with E-state index < -0.39 is 30.2 Å². The number of benzene rings is 2. The number of rotatable bonds is 11. The molecule has 1 aliphatic rings. The van der Waals surface area contributed by atoms with Crippen LogP contribution >= 0.6 is 0 Å². The molecule has 226 valence electrons. The highest BCUT2D eigenvalue weighted by Crippen LogP contribution is 2.49. The van der Waals surface area contributed by atoms with Gasteiger partial charge in [0.25, 0.3) is 20.1 Å². The van der Waals surface area contributed by atoms with Crippen molar-refractivity contribution < 1.29 is 31.9 Å². The number of nitrogens with one attached hydrogen (secondary N) is 1. The van der Waals surface area contributed by atoms with Crippen molar-refractivity contribution in [3.63, 3.8) is 0 Å². The molecule has 0 radical (unpaired) electrons. The average molecular weight is 614 g/mol. The summed E-state index contributed by atoms with van der Waals surface area (Å²) in [5.41, 5.74) is 1.36. The molecular formula is C30H39N3O7SSi. The van der Waals surface area contributed by atoms with E-state index in [0.717, 1.165) is 11.2 Å². The Balaban J connectivity index is 2.02. The number of pyridine rings is 1. The summed E-state index contributed by atoms with van der Waals surface area (Å²) < 4.78 is 45.5. The number of imide groups is 1. The summed E-state index contributed by atoms with van der Waals surface area (Å²) >= 11 is 0. The van der Waals surface area contributed by atoms with Crippen molar-refractivity contribution in [3.8, 4) is 17.2 Å². The average Bonchev–Trinajstić information content (AvgIpc) is 3.16. The Morgan fingerprint density at radius 2 is 1.55 bits per heavy atom. The zero-order valence-corrected chi connectivity index (χ0v) is 27.4. The minimum atomic E-state index is -3.84. The molecule has 42 heavy (non-hydrogen) atoms. The largest absolute Gasteiger partial charge is 0.541 e. The first kappa shape index (κ1) is 31.3. The van der Waals surface area contributed by atoms with E-state index in [1.165, 1.54) is 14.2 Å². The molecule has 0 spiro atoms. The van der Waals surface area contributed by atoms with Gasteiger partial charge in [-0.2, -0.15) is 0 Å². The quantitative estimate of drug-likeness (QED) is 0.207. The number of anilines is 1. The highest BCUT2D eigenvalue weighted by atomic mass is 32.2. The standard InChI is InChI=1S/C30H39N3O7SSi/c1-17(2)42(18(3)4,19(5)6)40-28-25-24(26(32-41(9,36)37)22-11-10-14-31-27(22)28)29(34)33(30(25)35)16-20-12-13-21(38-7)15-23(20)39-8/h10-15,17-19,32H,16H2,1-9H3. The molecule has 1 aliphatic heterocycles. The van der Waals surface area contributed by atoms with Crippen LogP contribution in [0.25, 0.3) is 10.9 Å². The summed E-state index contributed by atoms with van der Waals surface area (Å²) in [7, 11) is -3.48. The molecule has 3 aromatic rings. The van der Waals surface area contributed by atoms with Crippen molar-refractivity contribution >= 4 is 46.7 Å². The molecule has 0 unspecified atom stereocenters. The Morgan fingerprint density at radius 1 is 0.929 bits per heavy atom. The Kier molecular flexibility index (Phi) is 8.61. The van der Waals surface area contributed by atoms with Gasteiger partial charge in [-0.25, -0.2) is 8.42 Å². The number of carbonyl (C=O) groups is 2. The monoisotopic (exact) mass is 613 g/mol. The predicted octanol–water partition coefficient (Wildman–Crippen LogP) is 5.97. The Bertz CT molecular complexity index is 1630. The van der Waals surface area contributed by atoms with Crippen LogP contribution in [0.15, 0.2) is 36.5 Å². The van der Waals surface area contributed by atoms with Crippen molar-refractivity contribution in [2.75, 3.05) is 25.2 Å². The topological polar surface area (TPSA) is 124 Å². The van der Waals surface area contributed by atoms with Crippen molar-refractivity contribution in [1.82, 2.24) is 9.88 Å². The molecule has 0 fully saturated rings. The molecule has 2 aromatic carbocycles. The second-order valence-corrected chi connectivity index (χ2v) is 18.6. The van der Waals surface area contributed by atoms with E-state index in [1.807, 2.05) is 0 Å². The van der Waals surface area contributed by atoms with E-state index >= 15 is 0 Å². The summed E-state index contributed by atoms with van der Waals surface area (Å²) in [4.78, 5) is 34.1. The summed E-state index contributed by atoms with van der Waals surface area (Å²) in [6, 6.07) is 8.45. The number of amides is 2. The first-order valence-electron chi connectivity index (χ1n) is 13.9. The summed E-state index contributed by atoms with van der Waals surface area (Å²) in [5, 5.41) is 0.376. The third-order valence-electron chi connectivity index (χ3n) is 8.03. The van der Waals surface area contributed by atoms with Gasteiger partial charge in [0.1, 0.15) is 22.8 Å². The lowest BCUT2D eigenvalue weighted by Crippen LogP contribution is -2.51. The number of fused-ring (bicyclic) bond motifs is 2. The molecule has 2 amide bonds. The fourth-order valence-electron chi connectivity index (χ4n) is 6.28. The lowest BCUT2D eigenvalue weighted by molar-refractivity contribution is 0.0641. The number of ether oxygens (including phenoxy) is 2. The highest BCUT2D eigenvalue weighted by Gasteiger charge is 2.50. The summed E-state index contributed by atoms with van der Waals surface area (Å²) in [6.07, 6.45) is 2.57. The third kappa shape index (κ3) is 5.33. The Morgan fingerprint density at radius 3 is 2.10 bits per heavy atom. The van der Waals surface area contributed by atoms with Gasteiger partial charge in [-0.15, -0.1) is 0 Å². The van der Waals surface area contributed by atoms with Gasteiger partial charge in [0.15, 0.2) is 0 Å². The molecule has 0 saturated heterocycles. The van der Waals surface area contributed by atoms with Crippen LogP contribution in [-0.4, -0.2) is 58.9 Å². The minimum absolute atomic E-state index is 0.0106. The number of methoxy groups -OCH3 is 2. The van der Waals surface area contributed by atoms with E-state index in [1.54, 1.807) is 36.5 Å². The lowest BCUT2D eigenvalue weighted by atomic mass is 10.0. The third-order valence-corrected chi connectivity index (χ3v) is 14.6. The van der Waals surface area contributed by atoms with Crippen LogP contribution in [0, 0.1) is 0 Å². The minimum Gasteiger partial charge on any atom is -0.541 e. The van der Waals surface area contributed by atoms with E-state index in [2.05, 4.69) is 51.2 Å². The molecular weight excluding hydrogens is 574 g/mol. The fraction of sp³-hybridized carbons (Fsp3) is 0.433. The van der Waals surface area contributed by atoms with Crippen LogP contribution in [0.2, 0.25) is 16.6 Å². The number of sulfonamides is 1. The SMILES string of the molecule is COc1ccc(CN2C(=O)c3c(c(O[Si](C(C)C)(C(C)C)C(C)C)c4ncccc4c3NS(C)(=O)=O)C2=O)c(OC)c1. The van der Waals surface area contributed by atoms with Crippen LogP contribution in [-0.2, 0) is 16.6 Å². The van der Waals surface area contributed by atoms with Crippen LogP contribution < -0.4 is 18.6 Å². The molecule has 4 rings (SSSR count). The molecule has 1 aromatic heterocycles. The van der Waals surface area contributed by atoms with Gasteiger partial charge >= 0.3 is 0 Å². The zero-order valence-electron chi connectivity index (χ0n) is 25.6. The maximum atomic E-state index is 14.3. The Labute approximate surface area is 248 Å². The number of nitrogens with zero attached hydrogens (tertiary/aromatic N) is 2. The Hall–Kier alpha value is -3.64. The number of hydrogen-bond acceptors (Lipinski definition) is 8. The van der Waals surface area contributed by atoms with Gasteiger partial charge in [0.2, 0.25) is 10.0 Å². The maximum absolute atomic E-state index is 14.3. The van der Waals surface area contributed by atoms with Crippen molar-refractivity contribution in [2.24, 2.45) is 0 Å². The number of carbonyl (C=O) groups excluding carboxylic acids is 2. The normalized spacial score (nSPS) is 13.9. The van der Waals surface area contributed by atoms with Gasteiger partial charge in [-0.05, 0) is 40.9 Å². The van der Waals surface area contributed by atoms with Gasteiger partial charge in [0.05, 0.1) is 43.8 Å². The van der Waals surface area contributed by atoms with E-state index in [4.69, 9.17) is 13.9 Å². The lowest BCUT2D eigenvalue weighted by Gasteiger charge is -2.42. The first-order valence-corrected chi connectivity index (χ1v) is 17.9. The van der Waals surface area contributed by atoms with E-state index in [9.17, 15) is 18.0 Å². The van der Waals surface area contributed by atoms with Crippen molar-refractivity contribution in [3.05, 3.63) is 53.2 Å². The van der Waals surface area contributed by atoms with Crippen molar-refractivity contribution in [2.45, 2.75) is 64.7 Å². The smallest absolute Gasteiger partial charge is 0.265 e. The maximum Gasteiger partial charge on any atom is 0.265 e. The van der Waals surface area contributed by atoms with Crippen molar-refractivity contribution in [1.29, 1.82) is 0 Å². The molecule has 1 N–H and O–H groups in total. The molecule has 0 bridgehead atoms. The van der Waals surface area contributed by atoms with Gasteiger partial charge in [-0.1, -0.05) is 41.5 Å². The van der Waals surface area contributed by atoms with Crippen LogP contribution in [0.5, 0.6) is 17.2 Å². The molecule has 0 atom stereocenters. The summed E-state index contributed by atoms with van der Waals surface area (Å²) in [5.74, 6) is -0.00542. The molecule has 12 heteroatoms. The van der Waals surface area contributed by atoms with Gasteiger partial charge in [0, 0.05) is 23.2 Å². The molecule has 0 saturated carbocycles. The van der Waals surface area contributed by atoms with E-state index in [-0.39, 0.29) is 45.7 Å². The summed E-state index contributed by atoms with van der Waals surface area (Å²) in [6.45, 7) is 12.6. The first-order chi connectivity index (χ1) is 19.7. The zero-order chi connectivity index (χ0) is 31.1. The fourth-order valence-corrected chi connectivity index (χ4v) is 12.1. The second kappa shape index (κ2) is 11.6. The van der Waals surface area contributed by atoms with Gasteiger partial charge < -0.3 is 13.9 Å². The van der Waals surface area contributed by atoms with Gasteiger partial charge in [-0.3, -0.25) is 24.2 Å². The second-order valence-electron chi connectivity index (χ2n) is 11.5. The van der Waals surface area contributed by atoms with E-state index in [0.29, 0.717) is 28.0 Å². The molecule has 10 nitrogen and oxygen atoms in total.